The Kier molecular flexibility index (Phi) is 6.23. The van der Waals surface area contributed by atoms with Gasteiger partial charge < -0.3 is 30.7 Å². The fourth-order valence-electron chi connectivity index (χ4n) is 4.44. The average molecular weight is 439 g/mol. The summed E-state index contributed by atoms with van der Waals surface area (Å²) < 4.78 is 6.31. The van der Waals surface area contributed by atoms with E-state index in [2.05, 4.69) is 29.8 Å². The number of hydrogen-bond donors (Lipinski definition) is 4. The van der Waals surface area contributed by atoms with Gasteiger partial charge in [-0.05, 0) is 36.6 Å². The Bertz CT molecular complexity index is 1010. The zero-order valence-corrected chi connectivity index (χ0v) is 18.5. The molecule has 32 heavy (non-hydrogen) atoms. The summed E-state index contributed by atoms with van der Waals surface area (Å²) in [5.41, 5.74) is 2.85. The van der Waals surface area contributed by atoms with E-state index in [0.29, 0.717) is 24.3 Å². The van der Waals surface area contributed by atoms with Crippen molar-refractivity contribution in [1.82, 2.24) is 10.2 Å². The third-order valence-corrected chi connectivity index (χ3v) is 6.42. The molecule has 0 unspecified atom stereocenters. The molecule has 4 amide bonds. The van der Waals surface area contributed by atoms with Crippen molar-refractivity contribution in [3.63, 3.8) is 0 Å². The van der Waals surface area contributed by atoms with E-state index in [0.717, 1.165) is 29.7 Å². The second-order valence-corrected chi connectivity index (χ2v) is 8.33. The number of benzene rings is 2. The Hall–Kier alpha value is -3.26. The van der Waals surface area contributed by atoms with Crippen molar-refractivity contribution in [2.45, 2.75) is 51.3 Å². The number of ether oxygens (including phenoxy) is 1. The van der Waals surface area contributed by atoms with Crippen LogP contribution in [0.3, 0.4) is 0 Å². The number of nitrogens with one attached hydrogen (secondary N) is 3. The minimum atomic E-state index is -0.309. The van der Waals surface area contributed by atoms with Crippen molar-refractivity contribution in [2.75, 3.05) is 23.8 Å². The fourth-order valence-corrected chi connectivity index (χ4v) is 4.44. The SMILES string of the molecule is CCC1(CC)C[C@@H](NC(=O)Nc2ccc3c(c2)NC(=O)N(CCO)C3)c2ccccc2O1. The molecule has 2 heterocycles. The lowest BCUT2D eigenvalue weighted by Crippen LogP contribution is -2.45. The van der Waals surface area contributed by atoms with E-state index in [-0.39, 0.29) is 36.9 Å². The first-order valence-electron chi connectivity index (χ1n) is 11.1. The molecule has 8 nitrogen and oxygen atoms in total. The molecular formula is C24H30N4O4. The highest BCUT2D eigenvalue weighted by atomic mass is 16.5. The largest absolute Gasteiger partial charge is 0.487 e. The van der Waals surface area contributed by atoms with Crippen LogP contribution in [0.25, 0.3) is 0 Å². The molecule has 0 saturated carbocycles. The van der Waals surface area contributed by atoms with Crippen LogP contribution in [0, 0.1) is 0 Å². The lowest BCUT2D eigenvalue weighted by atomic mass is 9.83. The highest BCUT2D eigenvalue weighted by molar-refractivity contribution is 5.95. The van der Waals surface area contributed by atoms with Crippen LogP contribution >= 0.6 is 0 Å². The van der Waals surface area contributed by atoms with Crippen molar-refractivity contribution >= 4 is 23.4 Å². The van der Waals surface area contributed by atoms with Gasteiger partial charge in [0, 0.05) is 36.4 Å². The molecule has 2 aromatic rings. The van der Waals surface area contributed by atoms with E-state index in [1.54, 1.807) is 11.0 Å². The molecule has 0 saturated heterocycles. The van der Waals surface area contributed by atoms with Gasteiger partial charge in [-0.3, -0.25) is 0 Å². The van der Waals surface area contributed by atoms with Crippen LogP contribution in [-0.2, 0) is 6.54 Å². The lowest BCUT2D eigenvalue weighted by molar-refractivity contribution is 0.0247. The van der Waals surface area contributed by atoms with Gasteiger partial charge in [0.05, 0.1) is 12.6 Å². The van der Waals surface area contributed by atoms with Gasteiger partial charge in [-0.15, -0.1) is 0 Å². The standard InChI is InChI=1S/C24H30N4O4/c1-3-24(4-2)14-20(18-7-5-6-8-21(18)32-24)26-22(30)25-17-10-9-16-15-28(11-12-29)23(31)27-19(16)13-17/h5-10,13,20,29H,3-4,11-12,14-15H2,1-2H3,(H,27,31)(H2,25,26,30)/t20-/m1/s1. The van der Waals surface area contributed by atoms with Crippen molar-refractivity contribution in [2.24, 2.45) is 0 Å². The Morgan fingerprint density at radius 1 is 1.25 bits per heavy atom. The molecule has 0 spiro atoms. The first kappa shape index (κ1) is 22.0. The maximum atomic E-state index is 12.9. The third-order valence-electron chi connectivity index (χ3n) is 6.42. The smallest absolute Gasteiger partial charge is 0.322 e. The molecule has 0 aliphatic carbocycles. The maximum Gasteiger partial charge on any atom is 0.322 e. The van der Waals surface area contributed by atoms with Crippen LogP contribution in [0.1, 0.15) is 50.3 Å². The topological polar surface area (TPSA) is 103 Å². The number of urea groups is 2. The van der Waals surface area contributed by atoms with Crippen molar-refractivity contribution < 1.29 is 19.4 Å². The molecule has 4 rings (SSSR count). The van der Waals surface area contributed by atoms with Gasteiger partial charge in [0.25, 0.3) is 0 Å². The van der Waals surface area contributed by atoms with E-state index in [4.69, 9.17) is 9.84 Å². The van der Waals surface area contributed by atoms with Gasteiger partial charge in [0.1, 0.15) is 11.4 Å². The van der Waals surface area contributed by atoms with E-state index in [1.165, 1.54) is 0 Å². The van der Waals surface area contributed by atoms with Crippen LogP contribution in [0.15, 0.2) is 42.5 Å². The zero-order chi connectivity index (χ0) is 22.7. The van der Waals surface area contributed by atoms with Gasteiger partial charge in [-0.2, -0.15) is 0 Å². The molecule has 0 fully saturated rings. The lowest BCUT2D eigenvalue weighted by Gasteiger charge is -2.41. The van der Waals surface area contributed by atoms with Crippen molar-refractivity contribution in [3.8, 4) is 5.75 Å². The molecule has 0 bridgehead atoms. The second-order valence-electron chi connectivity index (χ2n) is 8.33. The first-order valence-corrected chi connectivity index (χ1v) is 11.1. The molecule has 2 aliphatic rings. The summed E-state index contributed by atoms with van der Waals surface area (Å²) in [5, 5.41) is 17.9. The highest BCUT2D eigenvalue weighted by Gasteiger charge is 2.39. The van der Waals surface area contributed by atoms with Gasteiger partial charge in [0.15, 0.2) is 0 Å². The molecule has 0 aromatic heterocycles. The number of aliphatic hydroxyl groups excluding tert-OH is 1. The number of nitrogens with zero attached hydrogens (tertiary/aromatic N) is 1. The third kappa shape index (κ3) is 4.36. The number of β-amino-alcohol motifs (C(OH)–C–C–N with tert-alkyl or cyclic N) is 1. The molecule has 0 radical (unpaired) electrons. The summed E-state index contributed by atoms with van der Waals surface area (Å²) >= 11 is 0. The van der Waals surface area contributed by atoms with Crippen LogP contribution < -0.4 is 20.7 Å². The Morgan fingerprint density at radius 3 is 2.78 bits per heavy atom. The monoisotopic (exact) mass is 438 g/mol. The summed E-state index contributed by atoms with van der Waals surface area (Å²) in [7, 11) is 0. The van der Waals surface area contributed by atoms with Crippen LogP contribution in [0.5, 0.6) is 5.75 Å². The number of fused-ring (bicyclic) bond motifs is 2. The molecule has 2 aliphatic heterocycles. The molecule has 4 N–H and O–H groups in total. The van der Waals surface area contributed by atoms with Gasteiger partial charge in [-0.25, -0.2) is 9.59 Å². The fraction of sp³-hybridized carbons (Fsp3) is 0.417. The van der Waals surface area contributed by atoms with Crippen LogP contribution in [-0.4, -0.2) is 40.8 Å². The summed E-state index contributed by atoms with van der Waals surface area (Å²) in [6.45, 7) is 4.82. The number of aliphatic hydroxyl groups is 1. The Morgan fingerprint density at radius 2 is 2.03 bits per heavy atom. The number of carbonyl (C=O) groups excluding carboxylic acids is 2. The summed E-state index contributed by atoms with van der Waals surface area (Å²) in [4.78, 5) is 26.6. The predicted octanol–water partition coefficient (Wildman–Crippen LogP) is 4.23. The van der Waals surface area contributed by atoms with Gasteiger partial charge >= 0.3 is 12.1 Å². The normalized spacial score (nSPS) is 18.7. The van der Waals surface area contributed by atoms with Crippen molar-refractivity contribution in [3.05, 3.63) is 53.6 Å². The molecule has 1 atom stereocenters. The van der Waals surface area contributed by atoms with Crippen molar-refractivity contribution in [1.29, 1.82) is 0 Å². The molecule has 170 valence electrons. The minimum Gasteiger partial charge on any atom is -0.487 e. The number of anilines is 2. The van der Waals surface area contributed by atoms with Gasteiger partial charge in [-0.1, -0.05) is 38.1 Å². The second kappa shape index (κ2) is 9.08. The van der Waals surface area contributed by atoms with E-state index >= 15 is 0 Å². The average Bonchev–Trinajstić information content (AvgIpc) is 2.79. The molecule has 2 aromatic carbocycles. The minimum absolute atomic E-state index is 0.0880. The van der Waals surface area contributed by atoms with E-state index < -0.39 is 0 Å². The predicted molar refractivity (Wildman–Crippen MR) is 123 cm³/mol. The maximum absolute atomic E-state index is 12.9. The number of amides is 4. The summed E-state index contributed by atoms with van der Waals surface area (Å²) in [6, 6.07) is 12.5. The molecular weight excluding hydrogens is 408 g/mol. The number of hydrogen-bond acceptors (Lipinski definition) is 4. The zero-order valence-electron chi connectivity index (χ0n) is 18.5. The van der Waals surface area contributed by atoms with Crippen LogP contribution in [0.2, 0.25) is 0 Å². The highest BCUT2D eigenvalue weighted by Crippen LogP contribution is 2.42. The summed E-state index contributed by atoms with van der Waals surface area (Å²) in [5.74, 6) is 0.816. The van der Waals surface area contributed by atoms with E-state index in [1.807, 2.05) is 36.4 Å². The number of para-hydroxylation sites is 1. The first-order chi connectivity index (χ1) is 15.5. The number of rotatable bonds is 6. The Balaban J connectivity index is 1.47. The van der Waals surface area contributed by atoms with Crippen LogP contribution in [0.4, 0.5) is 21.0 Å². The van der Waals surface area contributed by atoms with E-state index in [9.17, 15) is 9.59 Å². The summed E-state index contributed by atoms with van der Waals surface area (Å²) in [6.07, 6.45) is 2.41. The number of carbonyl (C=O) groups is 2. The van der Waals surface area contributed by atoms with Gasteiger partial charge in [0.2, 0.25) is 0 Å². The molecule has 8 heteroatoms. The quantitative estimate of drug-likeness (QED) is 0.542. The Labute approximate surface area is 187 Å².